The van der Waals surface area contributed by atoms with E-state index < -0.39 is 24.0 Å². The van der Waals surface area contributed by atoms with Gasteiger partial charge in [0, 0.05) is 61.8 Å². The Morgan fingerprint density at radius 2 is 2.03 bits per heavy atom. The van der Waals surface area contributed by atoms with Crippen molar-refractivity contribution in [1.29, 1.82) is 0 Å². The largest absolute Gasteiger partial charge is 0.367 e. The first-order chi connectivity index (χ1) is 14.4. The normalized spacial score (nSPS) is 16.3. The van der Waals surface area contributed by atoms with Gasteiger partial charge in [-0.05, 0) is 37.5 Å². The van der Waals surface area contributed by atoms with Crippen molar-refractivity contribution in [2.45, 2.75) is 31.7 Å². The van der Waals surface area contributed by atoms with Gasteiger partial charge in [-0.2, -0.15) is 8.78 Å². The number of rotatable bonds is 6. The molecule has 0 aliphatic carbocycles. The van der Waals surface area contributed by atoms with E-state index in [9.17, 15) is 13.2 Å². The molecule has 6 nitrogen and oxygen atoms in total. The number of nitrogens with zero attached hydrogens (tertiary/aromatic N) is 5. The highest BCUT2D eigenvalue weighted by atomic mass is 127. The number of pyridine rings is 1. The Balaban J connectivity index is 1.38. The van der Waals surface area contributed by atoms with Crippen LogP contribution in [0.5, 0.6) is 0 Å². The molecule has 0 spiro atoms. The minimum Gasteiger partial charge on any atom is -0.367 e. The zero-order chi connectivity index (χ0) is 21.3. The number of aryl methyl sites for hydroxylation is 1. The standard InChI is InChI=1S/C19H20F3IN6S/c1-12-8-15(20)16(24-9-12)19(21,22)10-28-5-2-13(3-6-28)27-17-14-4-7-29(30-23)18(14)26-11-25-17/h4,7-9,11,13H,2-3,5-6,10H2,1H3,(H,25,26,27). The fourth-order valence-corrected chi connectivity index (χ4v) is 4.96. The van der Waals surface area contributed by atoms with Gasteiger partial charge in [-0.25, -0.2) is 14.4 Å². The molecule has 0 bridgehead atoms. The number of piperidine rings is 1. The third-order valence-corrected chi connectivity index (χ3v) is 6.91. The lowest BCUT2D eigenvalue weighted by atomic mass is 10.0. The van der Waals surface area contributed by atoms with Crippen LogP contribution in [0.1, 0.15) is 24.1 Å². The maximum Gasteiger partial charge on any atom is 0.304 e. The third-order valence-electron chi connectivity index (χ3n) is 5.20. The van der Waals surface area contributed by atoms with E-state index in [2.05, 4.69) is 41.5 Å². The molecule has 0 radical (unpaired) electrons. The van der Waals surface area contributed by atoms with Gasteiger partial charge in [0.15, 0.2) is 11.5 Å². The Morgan fingerprint density at radius 1 is 1.27 bits per heavy atom. The summed E-state index contributed by atoms with van der Waals surface area (Å²) in [6.07, 6.45) is 6.10. The highest BCUT2D eigenvalue weighted by Crippen LogP contribution is 2.32. The lowest BCUT2D eigenvalue weighted by molar-refractivity contribution is -0.0486. The van der Waals surface area contributed by atoms with Crippen LogP contribution in [0.3, 0.4) is 0 Å². The Kier molecular flexibility index (Phi) is 6.39. The summed E-state index contributed by atoms with van der Waals surface area (Å²) in [6.45, 7) is 2.05. The second kappa shape index (κ2) is 8.87. The molecule has 0 atom stereocenters. The molecule has 1 fully saturated rings. The van der Waals surface area contributed by atoms with E-state index in [-0.39, 0.29) is 6.04 Å². The first-order valence-corrected chi connectivity index (χ1v) is 12.8. The average Bonchev–Trinajstić information content (AvgIpc) is 3.13. The van der Waals surface area contributed by atoms with E-state index in [0.29, 0.717) is 31.5 Å². The number of fused-ring (bicyclic) bond motifs is 1. The van der Waals surface area contributed by atoms with Gasteiger partial charge in [0.05, 0.1) is 11.9 Å². The number of hydrogen-bond acceptors (Lipinski definition) is 6. The molecule has 3 aromatic heterocycles. The highest BCUT2D eigenvalue weighted by Gasteiger charge is 2.39. The van der Waals surface area contributed by atoms with Crippen molar-refractivity contribution in [2.24, 2.45) is 0 Å². The summed E-state index contributed by atoms with van der Waals surface area (Å²) in [5, 5.41) is 4.36. The fourth-order valence-electron chi connectivity index (χ4n) is 3.69. The molecule has 11 heteroatoms. The minimum absolute atomic E-state index is 0.123. The van der Waals surface area contributed by atoms with Crippen molar-refractivity contribution in [2.75, 3.05) is 25.0 Å². The molecule has 0 saturated carbocycles. The summed E-state index contributed by atoms with van der Waals surface area (Å²) in [5.74, 6) is -3.54. The van der Waals surface area contributed by atoms with Gasteiger partial charge in [-0.1, -0.05) is 0 Å². The van der Waals surface area contributed by atoms with Crippen LogP contribution in [0.15, 0.2) is 30.9 Å². The lowest BCUT2D eigenvalue weighted by Gasteiger charge is -2.34. The predicted octanol–water partition coefficient (Wildman–Crippen LogP) is 4.79. The molecule has 0 amide bonds. The predicted molar refractivity (Wildman–Crippen MR) is 120 cm³/mol. The summed E-state index contributed by atoms with van der Waals surface area (Å²) in [5.41, 5.74) is 0.566. The van der Waals surface area contributed by atoms with Gasteiger partial charge in [-0.3, -0.25) is 13.9 Å². The maximum absolute atomic E-state index is 14.6. The van der Waals surface area contributed by atoms with Crippen LogP contribution in [0.4, 0.5) is 19.0 Å². The zero-order valence-corrected chi connectivity index (χ0v) is 19.1. The van der Waals surface area contributed by atoms with Crippen LogP contribution >= 0.6 is 30.3 Å². The van der Waals surface area contributed by atoms with Gasteiger partial charge in [0.2, 0.25) is 0 Å². The molecule has 0 aromatic carbocycles. The molecule has 1 N–H and O–H groups in total. The number of likely N-dealkylation sites (tertiary alicyclic amines) is 1. The van der Waals surface area contributed by atoms with Crippen LogP contribution in [-0.2, 0) is 5.92 Å². The average molecular weight is 548 g/mol. The van der Waals surface area contributed by atoms with E-state index in [1.807, 2.05) is 16.2 Å². The first kappa shape index (κ1) is 21.6. The molecule has 1 saturated heterocycles. The summed E-state index contributed by atoms with van der Waals surface area (Å²) in [4.78, 5) is 14.0. The molecule has 4 heterocycles. The number of anilines is 1. The van der Waals surface area contributed by atoms with Gasteiger partial charge in [0.1, 0.15) is 17.8 Å². The molecule has 160 valence electrons. The number of alkyl halides is 2. The Labute approximate surface area is 188 Å². The van der Waals surface area contributed by atoms with Crippen molar-refractivity contribution in [3.8, 4) is 0 Å². The lowest BCUT2D eigenvalue weighted by Crippen LogP contribution is -2.44. The van der Waals surface area contributed by atoms with E-state index in [4.69, 9.17) is 0 Å². The zero-order valence-electron chi connectivity index (χ0n) is 16.2. The van der Waals surface area contributed by atoms with Crippen LogP contribution < -0.4 is 5.32 Å². The van der Waals surface area contributed by atoms with Crippen LogP contribution in [0, 0.1) is 12.7 Å². The number of nitrogens with one attached hydrogen (secondary N) is 1. The Morgan fingerprint density at radius 3 is 2.73 bits per heavy atom. The quantitative estimate of drug-likeness (QED) is 0.448. The summed E-state index contributed by atoms with van der Waals surface area (Å²) in [7, 11) is 1.52. The van der Waals surface area contributed by atoms with Gasteiger partial charge < -0.3 is 5.32 Å². The first-order valence-electron chi connectivity index (χ1n) is 9.48. The van der Waals surface area contributed by atoms with E-state index in [0.717, 1.165) is 22.9 Å². The molecule has 1 aliphatic rings. The van der Waals surface area contributed by atoms with E-state index in [1.54, 1.807) is 11.8 Å². The summed E-state index contributed by atoms with van der Waals surface area (Å²) in [6, 6.07) is 3.18. The molecule has 1 aliphatic heterocycles. The van der Waals surface area contributed by atoms with E-state index >= 15 is 0 Å². The van der Waals surface area contributed by atoms with Crippen molar-refractivity contribution in [3.05, 3.63) is 47.9 Å². The SMILES string of the molecule is Cc1cnc(C(F)(F)CN2CCC(Nc3ncnc4c3ccn4SI)CC2)c(F)c1. The van der Waals surface area contributed by atoms with Gasteiger partial charge >= 0.3 is 5.92 Å². The molecule has 3 aromatic rings. The molecular weight excluding hydrogens is 528 g/mol. The Bertz CT molecular complexity index is 1040. The van der Waals surface area contributed by atoms with Crippen LogP contribution in [-0.4, -0.2) is 49.5 Å². The van der Waals surface area contributed by atoms with E-state index in [1.165, 1.54) is 21.6 Å². The molecule has 30 heavy (non-hydrogen) atoms. The minimum atomic E-state index is -3.34. The maximum atomic E-state index is 14.6. The van der Waals surface area contributed by atoms with Crippen molar-refractivity contribution in [1.82, 2.24) is 23.8 Å². The number of aromatic nitrogens is 4. The Hall–Kier alpha value is -1.60. The smallest absolute Gasteiger partial charge is 0.304 e. The summed E-state index contributed by atoms with van der Waals surface area (Å²) >= 11 is 2.19. The molecule has 0 unspecified atom stereocenters. The highest BCUT2D eigenvalue weighted by molar-refractivity contribution is 14.2. The van der Waals surface area contributed by atoms with Crippen LogP contribution in [0.25, 0.3) is 11.0 Å². The number of halogens is 4. The van der Waals surface area contributed by atoms with Gasteiger partial charge in [0.25, 0.3) is 0 Å². The molecule has 4 rings (SSSR count). The number of hydrogen-bond donors (Lipinski definition) is 1. The summed E-state index contributed by atoms with van der Waals surface area (Å²) < 4.78 is 45.1. The van der Waals surface area contributed by atoms with Crippen molar-refractivity contribution >= 4 is 47.2 Å². The topological polar surface area (TPSA) is 58.9 Å². The van der Waals surface area contributed by atoms with Crippen LogP contribution in [0.2, 0.25) is 0 Å². The molecular formula is C19H20F3IN6S. The fraction of sp³-hybridized carbons (Fsp3) is 0.421. The van der Waals surface area contributed by atoms with Crippen molar-refractivity contribution in [3.63, 3.8) is 0 Å². The van der Waals surface area contributed by atoms with Crippen molar-refractivity contribution < 1.29 is 13.2 Å². The van der Waals surface area contributed by atoms with Gasteiger partial charge in [-0.15, -0.1) is 0 Å². The third kappa shape index (κ3) is 4.52. The second-order valence-electron chi connectivity index (χ2n) is 7.41. The second-order valence-corrected chi connectivity index (χ2v) is 9.13. The monoisotopic (exact) mass is 548 g/mol.